The van der Waals surface area contributed by atoms with Gasteiger partial charge >= 0.3 is 0 Å². The minimum absolute atomic E-state index is 0.0381. The number of fused-ring (bicyclic) bond motifs is 1. The fourth-order valence-corrected chi connectivity index (χ4v) is 4.38. The highest BCUT2D eigenvalue weighted by Gasteiger charge is 2.32. The van der Waals surface area contributed by atoms with Crippen molar-refractivity contribution < 1.29 is 14.3 Å². The molecule has 0 radical (unpaired) electrons. The zero-order valence-corrected chi connectivity index (χ0v) is 19.8. The summed E-state index contributed by atoms with van der Waals surface area (Å²) in [4.78, 5) is 17.0. The molecule has 0 aliphatic carbocycles. The lowest BCUT2D eigenvalue weighted by Crippen LogP contribution is -2.28. The molecule has 8 nitrogen and oxygen atoms in total. The first-order valence-corrected chi connectivity index (χ1v) is 11.6. The number of hydrogen-bond donors (Lipinski definition) is 2. The number of carbonyl (C=O) groups is 1. The van der Waals surface area contributed by atoms with E-state index in [1.165, 1.54) is 0 Å². The molecule has 2 heterocycles. The van der Waals surface area contributed by atoms with Crippen LogP contribution in [0, 0.1) is 0 Å². The number of halogens is 1. The van der Waals surface area contributed by atoms with Gasteiger partial charge in [0.25, 0.3) is 11.9 Å². The summed E-state index contributed by atoms with van der Waals surface area (Å²) in [5.74, 6) is 1.79. The fraction of sp³-hybridized carbons (Fsp3) is 0.192. The Morgan fingerprint density at radius 2 is 1.80 bits per heavy atom. The van der Waals surface area contributed by atoms with Gasteiger partial charge in [-0.1, -0.05) is 60.1 Å². The largest absolute Gasteiger partial charge is 0.497 e. The molecule has 4 aromatic rings. The number of nitrogens with one attached hydrogen (secondary N) is 2. The van der Waals surface area contributed by atoms with E-state index in [1.807, 2.05) is 66.7 Å². The minimum Gasteiger partial charge on any atom is -0.497 e. The van der Waals surface area contributed by atoms with Crippen LogP contribution in [0.3, 0.4) is 0 Å². The molecule has 9 heteroatoms. The Morgan fingerprint density at radius 3 is 2.54 bits per heavy atom. The standard InChI is InChI=1S/C26H24ClN5O3/c1-34-18-13-11-17(12-14-18)22-15-23(20-9-5-6-10-21(20)27)32-26(28-22)30-25(31-32)29-24(33)16-35-19-7-3-2-4-8-19/h2-14,22-23H,15-16H2,1H3,(H2,28,29,30,31,33)/t22-,23+/m1/s1. The maximum absolute atomic E-state index is 12.5. The van der Waals surface area contributed by atoms with Crippen LogP contribution < -0.4 is 20.1 Å². The molecule has 5 rings (SSSR count). The summed E-state index contributed by atoms with van der Waals surface area (Å²) < 4.78 is 12.6. The second-order valence-electron chi connectivity index (χ2n) is 8.10. The van der Waals surface area contributed by atoms with E-state index in [0.717, 1.165) is 16.9 Å². The van der Waals surface area contributed by atoms with Crippen molar-refractivity contribution in [1.82, 2.24) is 14.8 Å². The third-order valence-electron chi connectivity index (χ3n) is 5.84. The molecule has 1 amide bonds. The molecule has 178 valence electrons. The zero-order chi connectivity index (χ0) is 24.2. The maximum Gasteiger partial charge on any atom is 0.264 e. The monoisotopic (exact) mass is 489 g/mol. The number of hydrogen-bond acceptors (Lipinski definition) is 6. The molecule has 0 bridgehead atoms. The van der Waals surface area contributed by atoms with Crippen LogP contribution in [0.1, 0.15) is 29.6 Å². The van der Waals surface area contributed by atoms with Crippen LogP contribution >= 0.6 is 11.6 Å². The van der Waals surface area contributed by atoms with Crippen molar-refractivity contribution in [2.24, 2.45) is 0 Å². The van der Waals surface area contributed by atoms with E-state index in [9.17, 15) is 4.79 Å². The molecule has 0 unspecified atom stereocenters. The smallest absolute Gasteiger partial charge is 0.264 e. The summed E-state index contributed by atoms with van der Waals surface area (Å²) >= 11 is 6.56. The first kappa shape index (κ1) is 22.7. The number of amides is 1. The molecule has 0 fully saturated rings. The third-order valence-corrected chi connectivity index (χ3v) is 6.18. The average Bonchev–Trinajstić information content (AvgIpc) is 3.30. The summed E-state index contributed by atoms with van der Waals surface area (Å²) in [6, 6.07) is 24.5. The van der Waals surface area contributed by atoms with E-state index < -0.39 is 0 Å². The van der Waals surface area contributed by atoms with Gasteiger partial charge in [-0.3, -0.25) is 10.1 Å². The van der Waals surface area contributed by atoms with Gasteiger partial charge in [-0.25, -0.2) is 4.68 Å². The number of para-hydroxylation sites is 1. The molecule has 0 saturated carbocycles. The highest BCUT2D eigenvalue weighted by atomic mass is 35.5. The summed E-state index contributed by atoms with van der Waals surface area (Å²) in [7, 11) is 1.64. The third kappa shape index (κ3) is 5.07. The molecule has 0 spiro atoms. The number of nitrogens with zero attached hydrogens (tertiary/aromatic N) is 3. The predicted octanol–water partition coefficient (Wildman–Crippen LogP) is 5.10. The summed E-state index contributed by atoms with van der Waals surface area (Å²) in [6.07, 6.45) is 0.691. The van der Waals surface area contributed by atoms with E-state index >= 15 is 0 Å². The maximum atomic E-state index is 12.5. The van der Waals surface area contributed by atoms with Gasteiger partial charge in [-0.15, -0.1) is 5.10 Å². The number of carbonyl (C=O) groups excluding carboxylic acids is 1. The van der Waals surface area contributed by atoms with Crippen LogP contribution in [0.2, 0.25) is 5.02 Å². The number of ether oxygens (including phenoxy) is 2. The zero-order valence-electron chi connectivity index (χ0n) is 19.0. The van der Waals surface area contributed by atoms with Gasteiger partial charge in [0.1, 0.15) is 11.5 Å². The van der Waals surface area contributed by atoms with Crippen LogP contribution in [-0.2, 0) is 4.79 Å². The molecule has 0 saturated heterocycles. The van der Waals surface area contributed by atoms with Gasteiger partial charge in [0.05, 0.1) is 19.2 Å². The average molecular weight is 490 g/mol. The van der Waals surface area contributed by atoms with Crippen LogP contribution in [0.15, 0.2) is 78.9 Å². The van der Waals surface area contributed by atoms with Crippen molar-refractivity contribution in [3.05, 3.63) is 95.0 Å². The van der Waals surface area contributed by atoms with E-state index in [4.69, 9.17) is 21.1 Å². The van der Waals surface area contributed by atoms with Crippen LogP contribution in [-0.4, -0.2) is 34.4 Å². The first-order valence-electron chi connectivity index (χ1n) is 11.2. The Labute approximate surface area is 207 Å². The molecule has 2 atom stereocenters. The van der Waals surface area contributed by atoms with Gasteiger partial charge < -0.3 is 14.8 Å². The van der Waals surface area contributed by atoms with Crippen LogP contribution in [0.25, 0.3) is 0 Å². The lowest BCUT2D eigenvalue weighted by Gasteiger charge is -2.32. The Balaban J connectivity index is 1.39. The quantitative estimate of drug-likeness (QED) is 0.375. The SMILES string of the molecule is COc1ccc([C@H]2C[C@@H](c3ccccc3Cl)n3nc(NC(=O)COc4ccccc4)nc3N2)cc1. The normalized spacial score (nSPS) is 16.6. The Hall–Kier alpha value is -4.04. The Bertz CT molecular complexity index is 1310. The molecular formula is C26H24ClN5O3. The fourth-order valence-electron chi connectivity index (χ4n) is 4.12. The van der Waals surface area contributed by atoms with Crippen molar-refractivity contribution in [1.29, 1.82) is 0 Å². The highest BCUT2D eigenvalue weighted by molar-refractivity contribution is 6.31. The molecule has 3 aromatic carbocycles. The van der Waals surface area contributed by atoms with E-state index in [-0.39, 0.29) is 30.5 Å². The molecule has 1 aromatic heterocycles. The molecule has 35 heavy (non-hydrogen) atoms. The summed E-state index contributed by atoms with van der Waals surface area (Å²) in [6.45, 7) is -0.149. The van der Waals surface area contributed by atoms with Gasteiger partial charge in [0.15, 0.2) is 6.61 Å². The van der Waals surface area contributed by atoms with Crippen molar-refractivity contribution >= 4 is 29.4 Å². The Kier molecular flexibility index (Phi) is 6.54. The van der Waals surface area contributed by atoms with Crippen molar-refractivity contribution in [3.8, 4) is 11.5 Å². The van der Waals surface area contributed by atoms with Gasteiger partial charge in [-0.2, -0.15) is 4.98 Å². The van der Waals surface area contributed by atoms with Gasteiger partial charge in [-0.05, 0) is 47.9 Å². The topological polar surface area (TPSA) is 90.3 Å². The number of methoxy groups -OCH3 is 1. The van der Waals surface area contributed by atoms with E-state index in [1.54, 1.807) is 23.9 Å². The molecule has 1 aliphatic heterocycles. The second kappa shape index (κ2) is 10.1. The molecule has 2 N–H and O–H groups in total. The lowest BCUT2D eigenvalue weighted by molar-refractivity contribution is -0.118. The van der Waals surface area contributed by atoms with Crippen LogP contribution in [0.5, 0.6) is 11.5 Å². The van der Waals surface area contributed by atoms with Gasteiger partial charge in [0.2, 0.25) is 5.95 Å². The van der Waals surface area contributed by atoms with Crippen molar-refractivity contribution in [3.63, 3.8) is 0 Å². The predicted molar refractivity (Wildman–Crippen MR) is 134 cm³/mol. The van der Waals surface area contributed by atoms with Crippen LogP contribution in [0.4, 0.5) is 11.9 Å². The van der Waals surface area contributed by atoms with E-state index in [2.05, 4.69) is 20.7 Å². The number of aromatic nitrogens is 3. The minimum atomic E-state index is -0.349. The number of anilines is 2. The number of benzene rings is 3. The Morgan fingerprint density at radius 1 is 1.06 bits per heavy atom. The summed E-state index contributed by atoms with van der Waals surface area (Å²) in [5, 5.41) is 11.4. The van der Waals surface area contributed by atoms with E-state index in [0.29, 0.717) is 23.1 Å². The molecule has 1 aliphatic rings. The lowest BCUT2D eigenvalue weighted by atomic mass is 9.93. The number of rotatable bonds is 7. The molecular weight excluding hydrogens is 466 g/mol. The highest BCUT2D eigenvalue weighted by Crippen LogP contribution is 2.40. The summed E-state index contributed by atoms with van der Waals surface area (Å²) in [5.41, 5.74) is 2.02. The van der Waals surface area contributed by atoms with Gasteiger partial charge in [0, 0.05) is 5.02 Å². The second-order valence-corrected chi connectivity index (χ2v) is 8.50. The first-order chi connectivity index (χ1) is 17.1. The van der Waals surface area contributed by atoms with Crippen molar-refractivity contribution in [2.45, 2.75) is 18.5 Å². The van der Waals surface area contributed by atoms with Crippen molar-refractivity contribution in [2.75, 3.05) is 24.4 Å².